The largest absolute Gasteiger partial charge is 0.493 e. The highest BCUT2D eigenvalue weighted by Crippen LogP contribution is 2.33. The quantitative estimate of drug-likeness (QED) is 0.387. The van der Waals surface area contributed by atoms with Gasteiger partial charge in [-0.1, -0.05) is 6.92 Å². The number of anilines is 3. The van der Waals surface area contributed by atoms with E-state index in [1.165, 1.54) is 6.33 Å². The van der Waals surface area contributed by atoms with Crippen LogP contribution in [0.5, 0.6) is 5.75 Å². The molecule has 0 aliphatic carbocycles. The number of nitrogens with one attached hydrogen (secondary N) is 1. The molecule has 0 amide bonds. The van der Waals surface area contributed by atoms with Crippen LogP contribution in [0, 0.1) is 0 Å². The first-order valence-electron chi connectivity index (χ1n) is 9.60. The summed E-state index contributed by atoms with van der Waals surface area (Å²) in [6.45, 7) is 2.17. The van der Waals surface area contributed by atoms with Gasteiger partial charge in [-0.2, -0.15) is 0 Å². The minimum atomic E-state index is -3.33. The summed E-state index contributed by atoms with van der Waals surface area (Å²) in [7, 11) is 0.468. The SMILES string of the molecule is CCS(=O)(=O)c1ccc(N(C)C)c(Nc2ncnc3cc(OCCCCl)ccc23)c1. The van der Waals surface area contributed by atoms with Gasteiger partial charge in [0, 0.05) is 31.4 Å². The second-order valence-corrected chi connectivity index (χ2v) is 9.55. The Labute approximate surface area is 182 Å². The van der Waals surface area contributed by atoms with Crippen LogP contribution in [-0.2, 0) is 9.84 Å². The monoisotopic (exact) mass is 448 g/mol. The van der Waals surface area contributed by atoms with Crippen LogP contribution < -0.4 is 15.0 Å². The highest BCUT2D eigenvalue weighted by atomic mass is 35.5. The molecule has 1 aromatic heterocycles. The molecule has 2 aromatic carbocycles. The number of hydrogen-bond donors (Lipinski definition) is 1. The number of alkyl halides is 1. The molecule has 0 aliphatic heterocycles. The van der Waals surface area contributed by atoms with Gasteiger partial charge >= 0.3 is 0 Å². The van der Waals surface area contributed by atoms with Crippen molar-refractivity contribution in [1.29, 1.82) is 0 Å². The summed E-state index contributed by atoms with van der Waals surface area (Å²) in [6, 6.07) is 10.7. The van der Waals surface area contributed by atoms with Crippen LogP contribution in [0.1, 0.15) is 13.3 Å². The Hall–Kier alpha value is -2.58. The Morgan fingerprint density at radius 1 is 1.13 bits per heavy atom. The first-order valence-corrected chi connectivity index (χ1v) is 11.8. The van der Waals surface area contributed by atoms with E-state index in [1.807, 2.05) is 37.2 Å². The maximum Gasteiger partial charge on any atom is 0.178 e. The molecule has 1 N–H and O–H groups in total. The number of fused-ring (bicyclic) bond motifs is 1. The number of benzene rings is 2. The third-order valence-electron chi connectivity index (χ3n) is 4.60. The van der Waals surface area contributed by atoms with E-state index in [4.69, 9.17) is 16.3 Å². The summed E-state index contributed by atoms with van der Waals surface area (Å²) >= 11 is 5.69. The molecule has 7 nitrogen and oxygen atoms in total. The number of nitrogens with zero attached hydrogens (tertiary/aromatic N) is 3. The van der Waals surface area contributed by atoms with E-state index in [0.717, 1.165) is 23.0 Å². The van der Waals surface area contributed by atoms with Gasteiger partial charge in [-0.05, 0) is 36.8 Å². The average Bonchev–Trinajstić information content (AvgIpc) is 2.73. The Kier molecular flexibility index (Phi) is 6.99. The first-order chi connectivity index (χ1) is 14.4. The van der Waals surface area contributed by atoms with E-state index in [1.54, 1.807) is 25.1 Å². The highest BCUT2D eigenvalue weighted by molar-refractivity contribution is 7.91. The van der Waals surface area contributed by atoms with Crippen molar-refractivity contribution >= 4 is 49.5 Å². The van der Waals surface area contributed by atoms with Crippen LogP contribution >= 0.6 is 11.6 Å². The van der Waals surface area contributed by atoms with Gasteiger partial charge in [-0.25, -0.2) is 18.4 Å². The van der Waals surface area contributed by atoms with Gasteiger partial charge in [0.2, 0.25) is 0 Å². The maximum atomic E-state index is 12.4. The Morgan fingerprint density at radius 3 is 2.63 bits per heavy atom. The number of sulfone groups is 1. The molecule has 0 fully saturated rings. The van der Waals surface area contributed by atoms with E-state index >= 15 is 0 Å². The lowest BCUT2D eigenvalue weighted by Gasteiger charge is -2.20. The molecule has 3 rings (SSSR count). The molecule has 1 heterocycles. The lowest BCUT2D eigenvalue weighted by Crippen LogP contribution is -2.13. The summed E-state index contributed by atoms with van der Waals surface area (Å²) in [4.78, 5) is 10.9. The van der Waals surface area contributed by atoms with Crippen LogP contribution in [0.25, 0.3) is 10.9 Å². The minimum absolute atomic E-state index is 0.0384. The first kappa shape index (κ1) is 22.1. The van der Waals surface area contributed by atoms with Crippen LogP contribution in [0.2, 0.25) is 0 Å². The molecule has 0 spiro atoms. The van der Waals surface area contributed by atoms with Crippen LogP contribution in [0.4, 0.5) is 17.2 Å². The highest BCUT2D eigenvalue weighted by Gasteiger charge is 2.16. The second kappa shape index (κ2) is 9.49. The molecule has 9 heteroatoms. The molecule has 0 radical (unpaired) electrons. The fourth-order valence-corrected chi connectivity index (χ4v) is 3.98. The normalized spacial score (nSPS) is 11.5. The van der Waals surface area contributed by atoms with Crippen molar-refractivity contribution in [3.05, 3.63) is 42.7 Å². The van der Waals surface area contributed by atoms with E-state index in [9.17, 15) is 8.42 Å². The Bertz CT molecular complexity index is 1140. The van der Waals surface area contributed by atoms with Gasteiger partial charge in [0.25, 0.3) is 0 Å². The molecular weight excluding hydrogens is 424 g/mol. The van der Waals surface area contributed by atoms with Crippen molar-refractivity contribution in [3.8, 4) is 5.75 Å². The van der Waals surface area contributed by atoms with Gasteiger partial charge in [0.1, 0.15) is 17.9 Å². The van der Waals surface area contributed by atoms with E-state index in [2.05, 4.69) is 15.3 Å². The van der Waals surface area contributed by atoms with Gasteiger partial charge in [0.15, 0.2) is 9.84 Å². The molecule has 0 atom stereocenters. The summed E-state index contributed by atoms with van der Waals surface area (Å²) in [6.07, 6.45) is 2.23. The standard InChI is InChI=1S/C21H25ClN4O3S/c1-4-30(27,28)16-7-9-20(26(2)3)19(13-16)25-21-17-8-6-15(29-11-5-10-22)12-18(17)23-14-24-21/h6-9,12-14H,4-5,10-11H2,1-3H3,(H,23,24,25). The molecule has 30 heavy (non-hydrogen) atoms. The summed E-state index contributed by atoms with van der Waals surface area (Å²) in [5, 5.41) is 4.09. The summed E-state index contributed by atoms with van der Waals surface area (Å²) in [5.74, 6) is 1.88. The third-order valence-corrected chi connectivity index (χ3v) is 6.60. The molecule has 0 aliphatic rings. The molecule has 160 valence electrons. The summed E-state index contributed by atoms with van der Waals surface area (Å²) in [5.41, 5.74) is 2.22. The lowest BCUT2D eigenvalue weighted by atomic mass is 10.2. The lowest BCUT2D eigenvalue weighted by molar-refractivity contribution is 0.318. The van der Waals surface area contributed by atoms with Crippen LogP contribution in [0.3, 0.4) is 0 Å². The fourth-order valence-electron chi connectivity index (χ4n) is 2.96. The van der Waals surface area contributed by atoms with Crippen molar-refractivity contribution < 1.29 is 13.2 Å². The van der Waals surface area contributed by atoms with Crippen LogP contribution in [0.15, 0.2) is 47.6 Å². The van der Waals surface area contributed by atoms with E-state index in [-0.39, 0.29) is 10.6 Å². The van der Waals surface area contributed by atoms with Crippen LogP contribution in [-0.4, -0.2) is 50.7 Å². The number of rotatable bonds is 9. The zero-order valence-electron chi connectivity index (χ0n) is 17.2. The van der Waals surface area contributed by atoms with Gasteiger partial charge < -0.3 is 15.0 Å². The second-order valence-electron chi connectivity index (χ2n) is 6.89. The van der Waals surface area contributed by atoms with Gasteiger partial charge in [-0.3, -0.25) is 0 Å². The number of ether oxygens (including phenoxy) is 1. The van der Waals surface area contributed by atoms with Gasteiger partial charge in [-0.15, -0.1) is 11.6 Å². The topological polar surface area (TPSA) is 84.4 Å². The average molecular weight is 449 g/mol. The number of aromatic nitrogens is 2. The summed E-state index contributed by atoms with van der Waals surface area (Å²) < 4.78 is 30.4. The van der Waals surface area contributed by atoms with E-state index < -0.39 is 9.84 Å². The number of halogens is 1. The van der Waals surface area contributed by atoms with Crippen molar-refractivity contribution in [3.63, 3.8) is 0 Å². The third kappa shape index (κ3) is 4.94. The van der Waals surface area contributed by atoms with Gasteiger partial charge in [0.05, 0.1) is 34.1 Å². The van der Waals surface area contributed by atoms with Crippen molar-refractivity contribution in [2.45, 2.75) is 18.2 Å². The molecule has 0 saturated heterocycles. The molecular formula is C21H25ClN4O3S. The molecule has 0 unspecified atom stereocenters. The number of hydrogen-bond acceptors (Lipinski definition) is 7. The zero-order valence-corrected chi connectivity index (χ0v) is 18.8. The fraction of sp³-hybridized carbons (Fsp3) is 0.333. The Morgan fingerprint density at radius 2 is 1.93 bits per heavy atom. The molecule has 3 aromatic rings. The predicted octanol–water partition coefficient (Wildman–Crippen LogP) is 4.24. The Balaban J connectivity index is 2.00. The van der Waals surface area contributed by atoms with E-state index in [0.29, 0.717) is 29.7 Å². The van der Waals surface area contributed by atoms with Crippen molar-refractivity contribution in [2.24, 2.45) is 0 Å². The zero-order chi connectivity index (χ0) is 21.7. The molecule has 0 bridgehead atoms. The van der Waals surface area contributed by atoms with Crippen molar-refractivity contribution in [1.82, 2.24) is 9.97 Å². The van der Waals surface area contributed by atoms with Crippen molar-refractivity contribution in [2.75, 3.05) is 42.6 Å². The smallest absolute Gasteiger partial charge is 0.178 e. The molecule has 0 saturated carbocycles. The maximum absolute atomic E-state index is 12.4. The minimum Gasteiger partial charge on any atom is -0.493 e. The predicted molar refractivity (Wildman–Crippen MR) is 122 cm³/mol.